The Bertz CT molecular complexity index is 503. The van der Waals surface area contributed by atoms with Crippen molar-refractivity contribution < 1.29 is 13.5 Å². The summed E-state index contributed by atoms with van der Waals surface area (Å²) in [4.78, 5) is 3.76. The molecule has 8 heteroatoms. The number of hydrogen-bond acceptors (Lipinski definition) is 5. The Labute approximate surface area is 113 Å². The third-order valence-electron chi connectivity index (χ3n) is 2.92. The molecule has 0 aliphatic heterocycles. The molecule has 19 heavy (non-hydrogen) atoms. The molecule has 1 aromatic heterocycles. The van der Waals surface area contributed by atoms with E-state index in [0.29, 0.717) is 6.42 Å². The zero-order chi connectivity index (χ0) is 14.7. The number of aliphatic hydroxyl groups is 1. The van der Waals surface area contributed by atoms with Crippen molar-refractivity contribution in [2.45, 2.75) is 31.7 Å². The van der Waals surface area contributed by atoms with Gasteiger partial charge in [-0.1, -0.05) is 13.8 Å². The summed E-state index contributed by atoms with van der Waals surface area (Å²) in [6, 6.07) is 0. The van der Waals surface area contributed by atoms with E-state index in [1.807, 2.05) is 13.8 Å². The van der Waals surface area contributed by atoms with Crippen LogP contribution in [0.1, 0.15) is 26.7 Å². The van der Waals surface area contributed by atoms with Gasteiger partial charge in [0, 0.05) is 20.2 Å². The predicted molar refractivity (Wildman–Crippen MR) is 72.9 cm³/mol. The van der Waals surface area contributed by atoms with Crippen LogP contribution in [0, 0.1) is 5.41 Å². The largest absolute Gasteiger partial charge is 0.396 e. The van der Waals surface area contributed by atoms with Gasteiger partial charge in [-0.25, -0.2) is 18.1 Å². The third-order valence-corrected chi connectivity index (χ3v) is 4.45. The van der Waals surface area contributed by atoms with Crippen LogP contribution in [0.4, 0.5) is 5.82 Å². The van der Waals surface area contributed by atoms with Gasteiger partial charge >= 0.3 is 0 Å². The molecule has 1 rings (SSSR count). The number of nitrogen functional groups attached to an aromatic ring is 1. The Hall–Kier alpha value is -1.12. The number of anilines is 1. The molecule has 0 aliphatic rings. The van der Waals surface area contributed by atoms with E-state index in [0.717, 1.165) is 6.42 Å². The van der Waals surface area contributed by atoms with Crippen LogP contribution in [0.15, 0.2) is 11.4 Å². The first-order chi connectivity index (χ1) is 8.69. The normalized spacial score (nSPS) is 12.8. The van der Waals surface area contributed by atoms with Crippen molar-refractivity contribution >= 4 is 15.8 Å². The zero-order valence-electron chi connectivity index (χ0n) is 11.5. The van der Waals surface area contributed by atoms with Gasteiger partial charge in [0.1, 0.15) is 0 Å². The highest BCUT2D eigenvalue weighted by Crippen LogP contribution is 2.22. The van der Waals surface area contributed by atoms with Crippen LogP contribution in [0.25, 0.3) is 0 Å². The summed E-state index contributed by atoms with van der Waals surface area (Å²) in [6.07, 6.45) is 2.73. The smallest absolute Gasteiger partial charge is 0.260 e. The first-order valence-corrected chi connectivity index (χ1v) is 7.55. The molecule has 0 aliphatic carbocycles. The van der Waals surface area contributed by atoms with Crippen LogP contribution < -0.4 is 10.5 Å². The maximum Gasteiger partial charge on any atom is 0.260 e. The number of imidazole rings is 1. The lowest BCUT2D eigenvalue weighted by molar-refractivity contribution is 0.242. The minimum absolute atomic E-state index is 0.0110. The molecule has 0 atom stereocenters. The molecule has 0 bridgehead atoms. The van der Waals surface area contributed by atoms with Crippen molar-refractivity contribution in [3.8, 4) is 0 Å². The highest BCUT2D eigenvalue weighted by molar-refractivity contribution is 7.89. The maximum absolute atomic E-state index is 12.2. The van der Waals surface area contributed by atoms with E-state index in [1.165, 1.54) is 10.9 Å². The Morgan fingerprint density at radius 2 is 2.16 bits per heavy atom. The summed E-state index contributed by atoms with van der Waals surface area (Å²) < 4.78 is 28.2. The maximum atomic E-state index is 12.2. The van der Waals surface area contributed by atoms with Crippen LogP contribution >= 0.6 is 0 Å². The fourth-order valence-corrected chi connectivity index (χ4v) is 3.24. The quantitative estimate of drug-likeness (QED) is 0.658. The third kappa shape index (κ3) is 4.19. The second-order valence-corrected chi connectivity index (χ2v) is 7.04. The van der Waals surface area contributed by atoms with Crippen molar-refractivity contribution in [2.24, 2.45) is 12.5 Å². The average Bonchev–Trinajstić information content (AvgIpc) is 2.65. The number of aryl methyl sites for hydroxylation is 1. The molecule has 7 nitrogen and oxygen atoms in total. The number of hydrogen-bond donors (Lipinski definition) is 3. The van der Waals surface area contributed by atoms with Crippen molar-refractivity contribution in [2.75, 3.05) is 18.9 Å². The van der Waals surface area contributed by atoms with E-state index < -0.39 is 10.0 Å². The van der Waals surface area contributed by atoms with E-state index >= 15 is 0 Å². The predicted octanol–water partition coefficient (Wildman–Crippen LogP) is 0.0793. The zero-order valence-corrected chi connectivity index (χ0v) is 12.4. The lowest BCUT2D eigenvalue weighted by atomic mass is 9.88. The van der Waals surface area contributed by atoms with Crippen molar-refractivity contribution in [3.05, 3.63) is 6.33 Å². The Morgan fingerprint density at radius 3 is 2.63 bits per heavy atom. The Morgan fingerprint density at radius 1 is 1.53 bits per heavy atom. The molecule has 110 valence electrons. The first kappa shape index (κ1) is 15.9. The Balaban J connectivity index is 2.77. The SMILES string of the molecule is Cn1cnc(N)c1S(=O)(=O)NCC(C)(C)CCCO. The van der Waals surface area contributed by atoms with E-state index in [4.69, 9.17) is 10.8 Å². The van der Waals surface area contributed by atoms with Gasteiger partial charge in [0.15, 0.2) is 10.8 Å². The molecule has 0 amide bonds. The summed E-state index contributed by atoms with van der Waals surface area (Å²) >= 11 is 0. The highest BCUT2D eigenvalue weighted by Gasteiger charge is 2.26. The number of nitrogens with two attached hydrogens (primary N) is 1. The van der Waals surface area contributed by atoms with Crippen molar-refractivity contribution in [3.63, 3.8) is 0 Å². The molecule has 0 aromatic carbocycles. The highest BCUT2D eigenvalue weighted by atomic mass is 32.2. The van der Waals surface area contributed by atoms with Gasteiger partial charge in [0.05, 0.1) is 6.33 Å². The molecule has 0 fully saturated rings. The summed E-state index contributed by atoms with van der Waals surface area (Å²) in [5.41, 5.74) is 5.33. The second-order valence-electron chi connectivity index (χ2n) is 5.36. The molecule has 4 N–H and O–H groups in total. The van der Waals surface area contributed by atoms with Gasteiger partial charge in [-0.15, -0.1) is 0 Å². The number of aromatic nitrogens is 2. The topological polar surface area (TPSA) is 110 Å². The molecule has 0 spiro atoms. The fourth-order valence-electron chi connectivity index (χ4n) is 1.77. The number of nitrogens with one attached hydrogen (secondary N) is 1. The summed E-state index contributed by atoms with van der Waals surface area (Å²) in [6.45, 7) is 4.26. The van der Waals surface area contributed by atoms with Crippen LogP contribution in [0.2, 0.25) is 0 Å². The lowest BCUT2D eigenvalue weighted by Gasteiger charge is -2.24. The molecular formula is C11H22N4O3S. The van der Waals surface area contributed by atoms with Gasteiger partial charge in [0.25, 0.3) is 10.0 Å². The van der Waals surface area contributed by atoms with Gasteiger partial charge in [-0.05, 0) is 18.3 Å². The summed E-state index contributed by atoms with van der Waals surface area (Å²) in [5.74, 6) is -0.0110. The first-order valence-electron chi connectivity index (χ1n) is 6.07. The monoisotopic (exact) mass is 290 g/mol. The summed E-state index contributed by atoms with van der Waals surface area (Å²) in [7, 11) is -2.10. The van der Waals surface area contributed by atoms with E-state index in [2.05, 4.69) is 9.71 Å². The van der Waals surface area contributed by atoms with Crippen molar-refractivity contribution in [1.29, 1.82) is 0 Å². The van der Waals surface area contributed by atoms with Crippen LogP contribution in [0.5, 0.6) is 0 Å². The van der Waals surface area contributed by atoms with Gasteiger partial charge in [-0.2, -0.15) is 0 Å². The minimum Gasteiger partial charge on any atom is -0.396 e. The van der Waals surface area contributed by atoms with Crippen molar-refractivity contribution in [1.82, 2.24) is 14.3 Å². The van der Waals surface area contributed by atoms with E-state index in [9.17, 15) is 8.42 Å². The number of sulfonamides is 1. The second kappa shape index (κ2) is 5.89. The van der Waals surface area contributed by atoms with Gasteiger partial charge < -0.3 is 15.4 Å². The van der Waals surface area contributed by atoms with E-state index in [-0.39, 0.29) is 29.4 Å². The Kier molecular flexibility index (Phi) is 4.94. The minimum atomic E-state index is -3.67. The van der Waals surface area contributed by atoms with Gasteiger partial charge in [0.2, 0.25) is 0 Å². The number of rotatable bonds is 7. The lowest BCUT2D eigenvalue weighted by Crippen LogP contribution is -2.35. The molecule has 0 radical (unpaired) electrons. The van der Waals surface area contributed by atoms with Crippen LogP contribution in [-0.4, -0.2) is 36.2 Å². The molecule has 0 saturated heterocycles. The molecule has 1 heterocycles. The van der Waals surface area contributed by atoms with Crippen LogP contribution in [0.3, 0.4) is 0 Å². The number of aliphatic hydroxyl groups excluding tert-OH is 1. The molecule has 0 saturated carbocycles. The van der Waals surface area contributed by atoms with Gasteiger partial charge in [-0.3, -0.25) is 0 Å². The molecule has 0 unspecified atom stereocenters. The van der Waals surface area contributed by atoms with Crippen LogP contribution in [-0.2, 0) is 17.1 Å². The fraction of sp³-hybridized carbons (Fsp3) is 0.727. The summed E-state index contributed by atoms with van der Waals surface area (Å²) in [5, 5.41) is 8.79. The number of nitrogens with zero attached hydrogens (tertiary/aromatic N) is 2. The van der Waals surface area contributed by atoms with E-state index in [1.54, 1.807) is 7.05 Å². The molecule has 1 aromatic rings. The standard InChI is InChI=1S/C11H22N4O3S/c1-11(2,5-4-6-16)7-14-19(17,18)10-9(12)13-8-15(10)3/h8,14,16H,4-7,12H2,1-3H3. The molecular weight excluding hydrogens is 268 g/mol. The average molecular weight is 290 g/mol.